The van der Waals surface area contributed by atoms with Crippen molar-refractivity contribution >= 4 is 15.9 Å². The maximum absolute atomic E-state index is 5.97. The van der Waals surface area contributed by atoms with Gasteiger partial charge in [-0.2, -0.15) is 0 Å². The molecule has 0 aliphatic carbocycles. The molecule has 0 spiro atoms. The number of hydrogen-bond acceptors (Lipinski definition) is 3. The maximum atomic E-state index is 5.97. The number of ether oxygens (including phenoxy) is 1. The molecule has 2 rings (SSSR count). The Kier molecular flexibility index (Phi) is 4.56. The van der Waals surface area contributed by atoms with Crippen molar-refractivity contribution in [1.82, 2.24) is 4.98 Å². The molecule has 4 heteroatoms. The van der Waals surface area contributed by atoms with Gasteiger partial charge in [-0.05, 0) is 43.7 Å². The number of halogens is 1. The highest BCUT2D eigenvalue weighted by Crippen LogP contribution is 2.28. The molecule has 0 amide bonds. The first kappa shape index (κ1) is 14.0. The van der Waals surface area contributed by atoms with Crippen molar-refractivity contribution in [3.63, 3.8) is 0 Å². The highest BCUT2D eigenvalue weighted by molar-refractivity contribution is 9.10. The second kappa shape index (κ2) is 6.17. The van der Waals surface area contributed by atoms with E-state index in [1.807, 2.05) is 44.2 Å². The van der Waals surface area contributed by atoms with Crippen molar-refractivity contribution in [3.05, 3.63) is 57.8 Å². The van der Waals surface area contributed by atoms with E-state index in [1.165, 1.54) is 0 Å². The molecule has 1 aromatic heterocycles. The molecule has 0 saturated carbocycles. The van der Waals surface area contributed by atoms with Crippen molar-refractivity contribution < 1.29 is 4.74 Å². The van der Waals surface area contributed by atoms with Crippen LogP contribution in [0.25, 0.3) is 0 Å². The molecule has 2 N–H and O–H groups in total. The molecular weight excluding hydrogens is 304 g/mol. The van der Waals surface area contributed by atoms with Gasteiger partial charge in [0.1, 0.15) is 12.4 Å². The van der Waals surface area contributed by atoms with E-state index in [9.17, 15) is 0 Å². The zero-order chi connectivity index (χ0) is 13.8. The number of aryl methyl sites for hydroxylation is 1. The van der Waals surface area contributed by atoms with Crippen LogP contribution >= 0.6 is 15.9 Å². The quantitative estimate of drug-likeness (QED) is 0.933. The number of benzene rings is 1. The molecule has 0 saturated heterocycles. The van der Waals surface area contributed by atoms with Crippen LogP contribution in [0.2, 0.25) is 0 Å². The van der Waals surface area contributed by atoms with Crippen molar-refractivity contribution in [3.8, 4) is 5.75 Å². The lowest BCUT2D eigenvalue weighted by Gasteiger charge is -2.15. The van der Waals surface area contributed by atoms with Gasteiger partial charge in [0.25, 0.3) is 0 Å². The lowest BCUT2D eigenvalue weighted by molar-refractivity contribution is 0.296. The molecule has 0 bridgehead atoms. The van der Waals surface area contributed by atoms with E-state index >= 15 is 0 Å². The van der Waals surface area contributed by atoms with Gasteiger partial charge in [-0.15, -0.1) is 0 Å². The number of nitrogens with zero attached hydrogens (tertiary/aromatic N) is 1. The van der Waals surface area contributed by atoms with Crippen molar-refractivity contribution in [1.29, 1.82) is 0 Å². The predicted octanol–water partition coefficient (Wildman–Crippen LogP) is 3.75. The molecule has 1 atom stereocenters. The van der Waals surface area contributed by atoms with Gasteiger partial charge in [-0.3, -0.25) is 4.98 Å². The summed E-state index contributed by atoms with van der Waals surface area (Å²) < 4.78 is 6.86. The molecule has 1 aromatic carbocycles. The third-order valence-electron chi connectivity index (χ3n) is 2.94. The third-order valence-corrected chi connectivity index (χ3v) is 3.44. The highest BCUT2D eigenvalue weighted by atomic mass is 79.9. The molecule has 100 valence electrons. The summed E-state index contributed by atoms with van der Waals surface area (Å²) >= 11 is 3.45. The lowest BCUT2D eigenvalue weighted by Crippen LogP contribution is -2.09. The Balaban J connectivity index is 2.18. The number of hydrogen-bond donors (Lipinski definition) is 1. The van der Waals surface area contributed by atoms with Gasteiger partial charge >= 0.3 is 0 Å². The van der Waals surface area contributed by atoms with E-state index < -0.39 is 0 Å². The summed E-state index contributed by atoms with van der Waals surface area (Å²) in [7, 11) is 0. The molecule has 0 aliphatic heterocycles. The van der Waals surface area contributed by atoms with Crippen LogP contribution in [-0.4, -0.2) is 4.98 Å². The van der Waals surface area contributed by atoms with Crippen LogP contribution in [0, 0.1) is 6.92 Å². The van der Waals surface area contributed by atoms with Gasteiger partial charge < -0.3 is 10.5 Å². The smallest absolute Gasteiger partial charge is 0.130 e. The number of nitrogens with two attached hydrogens (primary N) is 1. The molecule has 1 heterocycles. The van der Waals surface area contributed by atoms with Crippen molar-refractivity contribution in [2.45, 2.75) is 26.5 Å². The summed E-state index contributed by atoms with van der Waals surface area (Å²) in [5.41, 5.74) is 9.03. The summed E-state index contributed by atoms with van der Waals surface area (Å²) in [6, 6.07) is 9.75. The van der Waals surface area contributed by atoms with Gasteiger partial charge in [-0.1, -0.05) is 22.0 Å². The number of pyridine rings is 1. The molecule has 0 aliphatic rings. The first-order valence-corrected chi connectivity index (χ1v) is 6.95. The molecule has 2 aromatic rings. The molecule has 3 nitrogen and oxygen atoms in total. The standard InChI is InChI=1S/C15H17BrN2O/c1-10-4-3-7-18-14(10)9-19-15-6-5-12(16)8-13(15)11(2)17/h3-8,11H,9,17H2,1-2H3/t11-/m0/s1. The van der Waals surface area contributed by atoms with Gasteiger partial charge in [-0.25, -0.2) is 0 Å². The normalized spacial score (nSPS) is 12.2. The molecule has 0 radical (unpaired) electrons. The maximum Gasteiger partial charge on any atom is 0.130 e. The monoisotopic (exact) mass is 320 g/mol. The van der Waals surface area contributed by atoms with Crippen LogP contribution in [0.1, 0.15) is 29.8 Å². The second-order valence-electron chi connectivity index (χ2n) is 4.53. The van der Waals surface area contributed by atoms with Crippen LogP contribution in [0.4, 0.5) is 0 Å². The number of aromatic nitrogens is 1. The fourth-order valence-electron chi connectivity index (χ4n) is 1.82. The van der Waals surface area contributed by atoms with Crippen LogP contribution in [0.5, 0.6) is 5.75 Å². The van der Waals surface area contributed by atoms with E-state index in [0.29, 0.717) is 6.61 Å². The first-order valence-electron chi connectivity index (χ1n) is 6.16. The van der Waals surface area contributed by atoms with Crippen LogP contribution in [-0.2, 0) is 6.61 Å². The third kappa shape index (κ3) is 3.55. The van der Waals surface area contributed by atoms with E-state index in [2.05, 4.69) is 20.9 Å². The van der Waals surface area contributed by atoms with E-state index in [4.69, 9.17) is 10.5 Å². The minimum atomic E-state index is -0.0719. The minimum Gasteiger partial charge on any atom is -0.487 e. The van der Waals surface area contributed by atoms with E-state index in [1.54, 1.807) is 6.20 Å². The molecule has 0 fully saturated rings. The Hall–Kier alpha value is -1.39. The highest BCUT2D eigenvalue weighted by Gasteiger charge is 2.09. The fraction of sp³-hybridized carbons (Fsp3) is 0.267. The zero-order valence-corrected chi connectivity index (χ0v) is 12.6. The summed E-state index contributed by atoms with van der Waals surface area (Å²) in [6.07, 6.45) is 1.78. The SMILES string of the molecule is Cc1cccnc1COc1ccc(Br)cc1[C@H](C)N. The molecule has 0 unspecified atom stereocenters. The fourth-order valence-corrected chi connectivity index (χ4v) is 2.20. The summed E-state index contributed by atoms with van der Waals surface area (Å²) in [5, 5.41) is 0. The number of rotatable bonds is 4. The topological polar surface area (TPSA) is 48.1 Å². The average Bonchev–Trinajstić information content (AvgIpc) is 2.38. The Morgan fingerprint density at radius 2 is 2.16 bits per heavy atom. The zero-order valence-electron chi connectivity index (χ0n) is 11.1. The molecular formula is C15H17BrN2O. The van der Waals surface area contributed by atoms with Gasteiger partial charge in [0.15, 0.2) is 0 Å². The Labute approximate surface area is 121 Å². The van der Waals surface area contributed by atoms with Gasteiger partial charge in [0.2, 0.25) is 0 Å². The Bertz CT molecular complexity index is 570. The van der Waals surface area contributed by atoms with Gasteiger partial charge in [0.05, 0.1) is 5.69 Å². The minimum absolute atomic E-state index is 0.0719. The second-order valence-corrected chi connectivity index (χ2v) is 5.44. The lowest BCUT2D eigenvalue weighted by atomic mass is 10.1. The summed E-state index contributed by atoms with van der Waals surface area (Å²) in [4.78, 5) is 4.32. The molecule has 19 heavy (non-hydrogen) atoms. The first-order chi connectivity index (χ1) is 9.08. The van der Waals surface area contributed by atoms with Crippen LogP contribution in [0.3, 0.4) is 0 Å². The average molecular weight is 321 g/mol. The van der Waals surface area contributed by atoms with E-state index in [0.717, 1.165) is 27.0 Å². The van der Waals surface area contributed by atoms with Crippen molar-refractivity contribution in [2.24, 2.45) is 5.73 Å². The Morgan fingerprint density at radius 3 is 2.84 bits per heavy atom. The Morgan fingerprint density at radius 1 is 1.37 bits per heavy atom. The van der Waals surface area contributed by atoms with E-state index in [-0.39, 0.29) is 6.04 Å². The predicted molar refractivity (Wildman–Crippen MR) is 80.1 cm³/mol. The van der Waals surface area contributed by atoms with Crippen molar-refractivity contribution in [2.75, 3.05) is 0 Å². The largest absolute Gasteiger partial charge is 0.487 e. The summed E-state index contributed by atoms with van der Waals surface area (Å²) in [5.74, 6) is 0.809. The summed E-state index contributed by atoms with van der Waals surface area (Å²) in [6.45, 7) is 4.43. The van der Waals surface area contributed by atoms with Crippen LogP contribution in [0.15, 0.2) is 41.0 Å². The van der Waals surface area contributed by atoms with Crippen LogP contribution < -0.4 is 10.5 Å². The van der Waals surface area contributed by atoms with Gasteiger partial charge in [0, 0.05) is 22.3 Å².